The van der Waals surface area contributed by atoms with Crippen molar-refractivity contribution in [3.8, 4) is 0 Å². The molecule has 0 aliphatic rings. The Hall–Kier alpha value is -0.380. The van der Waals surface area contributed by atoms with Gasteiger partial charge in [-0.15, -0.1) is 0 Å². The number of rotatable bonds is 17. The summed E-state index contributed by atoms with van der Waals surface area (Å²) in [4.78, 5) is 0. The topological polar surface area (TPSA) is 38.7 Å². The summed E-state index contributed by atoms with van der Waals surface area (Å²) in [6, 6.07) is 0. The zero-order valence-electron chi connectivity index (χ0n) is 14.9. The summed E-state index contributed by atoms with van der Waals surface area (Å²) in [7, 11) is 0. The fourth-order valence-corrected chi connectivity index (χ4v) is 2.17. The van der Waals surface area contributed by atoms with Crippen LogP contribution in [0.1, 0.15) is 84.5 Å². The largest absolute Gasteiger partial charge is 0.396 e. The molecule has 0 aliphatic heterocycles. The molecule has 3 heteroatoms. The van der Waals surface area contributed by atoms with Gasteiger partial charge >= 0.3 is 0 Å². The number of allylic oxidation sites excluding steroid dienone is 1. The second-order valence-electron chi connectivity index (χ2n) is 5.85. The van der Waals surface area contributed by atoms with E-state index in [2.05, 4.69) is 26.0 Å². The van der Waals surface area contributed by atoms with Crippen LogP contribution >= 0.6 is 0 Å². The maximum Gasteiger partial charge on any atom is 0.157 e. The van der Waals surface area contributed by atoms with E-state index in [0.717, 1.165) is 45.3 Å². The molecule has 1 N–H and O–H groups in total. The van der Waals surface area contributed by atoms with Crippen LogP contribution in [0.4, 0.5) is 0 Å². The predicted molar refractivity (Wildman–Crippen MR) is 94.1 cm³/mol. The van der Waals surface area contributed by atoms with Crippen molar-refractivity contribution in [1.29, 1.82) is 0 Å². The maximum atomic E-state index is 8.67. The third kappa shape index (κ3) is 16.0. The zero-order valence-corrected chi connectivity index (χ0v) is 14.9. The zero-order chi connectivity index (χ0) is 16.3. The van der Waals surface area contributed by atoms with Gasteiger partial charge in [0.05, 0.1) is 0 Å². The Morgan fingerprint density at radius 2 is 1.36 bits per heavy atom. The number of hydrogen-bond donors (Lipinski definition) is 1. The van der Waals surface area contributed by atoms with E-state index >= 15 is 0 Å². The van der Waals surface area contributed by atoms with E-state index in [1.807, 2.05) is 0 Å². The third-order valence-corrected chi connectivity index (χ3v) is 3.63. The molecule has 0 radical (unpaired) electrons. The van der Waals surface area contributed by atoms with Crippen LogP contribution in [0.5, 0.6) is 0 Å². The van der Waals surface area contributed by atoms with Crippen molar-refractivity contribution in [2.75, 3.05) is 19.8 Å². The monoisotopic (exact) mass is 314 g/mol. The molecule has 0 bridgehead atoms. The second kappa shape index (κ2) is 18.7. The molecule has 0 aromatic carbocycles. The minimum atomic E-state index is 0.00236. The van der Waals surface area contributed by atoms with E-state index in [-0.39, 0.29) is 12.9 Å². The molecule has 22 heavy (non-hydrogen) atoms. The van der Waals surface area contributed by atoms with Gasteiger partial charge < -0.3 is 14.6 Å². The van der Waals surface area contributed by atoms with Crippen LogP contribution in [0, 0.1) is 0 Å². The van der Waals surface area contributed by atoms with Crippen molar-refractivity contribution in [1.82, 2.24) is 0 Å². The van der Waals surface area contributed by atoms with E-state index < -0.39 is 0 Å². The fraction of sp³-hybridized carbons (Fsp3) is 0.895. The third-order valence-electron chi connectivity index (χ3n) is 3.63. The number of unbranched alkanes of at least 4 members (excludes halogenated alkanes) is 6. The van der Waals surface area contributed by atoms with E-state index in [0.29, 0.717) is 0 Å². The van der Waals surface area contributed by atoms with Crippen molar-refractivity contribution >= 4 is 0 Å². The van der Waals surface area contributed by atoms with E-state index in [4.69, 9.17) is 14.6 Å². The average molecular weight is 315 g/mol. The van der Waals surface area contributed by atoms with Gasteiger partial charge in [-0.1, -0.05) is 51.7 Å². The SMILES string of the molecule is CCCCOC(CCCCCC/C=C/CCO)OCCCC. The second-order valence-corrected chi connectivity index (χ2v) is 5.85. The summed E-state index contributed by atoms with van der Waals surface area (Å²) in [5, 5.41) is 8.67. The van der Waals surface area contributed by atoms with E-state index in [9.17, 15) is 0 Å². The highest BCUT2D eigenvalue weighted by molar-refractivity contribution is 4.80. The quantitative estimate of drug-likeness (QED) is 0.227. The highest BCUT2D eigenvalue weighted by Gasteiger charge is 2.08. The molecule has 0 aliphatic carbocycles. The van der Waals surface area contributed by atoms with Crippen LogP contribution in [0.15, 0.2) is 12.2 Å². The number of hydrogen-bond acceptors (Lipinski definition) is 3. The molecule has 0 fully saturated rings. The molecule has 0 aromatic heterocycles. The Labute approximate surface area is 138 Å². The van der Waals surface area contributed by atoms with Crippen LogP contribution in [-0.2, 0) is 9.47 Å². The lowest BCUT2D eigenvalue weighted by molar-refractivity contribution is -0.147. The molecule has 0 unspecified atom stereocenters. The van der Waals surface area contributed by atoms with Gasteiger partial charge in [-0.2, -0.15) is 0 Å². The normalized spacial score (nSPS) is 11.8. The Morgan fingerprint density at radius 1 is 0.773 bits per heavy atom. The highest BCUT2D eigenvalue weighted by Crippen LogP contribution is 2.12. The molecule has 0 heterocycles. The number of ether oxygens (including phenoxy) is 2. The van der Waals surface area contributed by atoms with Crippen molar-refractivity contribution in [3.63, 3.8) is 0 Å². The maximum absolute atomic E-state index is 8.67. The van der Waals surface area contributed by atoms with Crippen LogP contribution in [-0.4, -0.2) is 31.2 Å². The Balaban J connectivity index is 3.59. The Morgan fingerprint density at radius 3 is 1.95 bits per heavy atom. The molecular weight excluding hydrogens is 276 g/mol. The minimum Gasteiger partial charge on any atom is -0.396 e. The standard InChI is InChI=1S/C19H38O3/c1-3-5-17-21-19(22-18-6-4-2)15-13-11-9-7-8-10-12-14-16-20/h10,12,19-20H,3-9,11,13-18H2,1-2H3/b12-10+. The van der Waals surface area contributed by atoms with E-state index in [1.54, 1.807) is 0 Å². The average Bonchev–Trinajstić information content (AvgIpc) is 2.53. The Bertz CT molecular complexity index is 219. The van der Waals surface area contributed by atoms with E-state index in [1.165, 1.54) is 38.5 Å². The van der Waals surface area contributed by atoms with Crippen molar-refractivity contribution in [2.24, 2.45) is 0 Å². The van der Waals surface area contributed by atoms with Gasteiger partial charge in [0.1, 0.15) is 0 Å². The molecule has 0 spiro atoms. The summed E-state index contributed by atoms with van der Waals surface area (Å²) in [5.74, 6) is 0. The first-order chi connectivity index (χ1) is 10.8. The fourth-order valence-electron chi connectivity index (χ4n) is 2.17. The number of aliphatic hydroxyl groups is 1. The van der Waals surface area contributed by atoms with Crippen LogP contribution in [0.25, 0.3) is 0 Å². The first-order valence-corrected chi connectivity index (χ1v) is 9.34. The van der Waals surface area contributed by atoms with Gasteiger partial charge in [-0.25, -0.2) is 0 Å². The molecule has 0 amide bonds. The molecule has 0 atom stereocenters. The summed E-state index contributed by atoms with van der Waals surface area (Å²) in [5.41, 5.74) is 0. The van der Waals surface area contributed by atoms with Crippen LogP contribution < -0.4 is 0 Å². The van der Waals surface area contributed by atoms with Crippen molar-refractivity contribution < 1.29 is 14.6 Å². The molecule has 0 saturated carbocycles. The first kappa shape index (κ1) is 21.6. The molecule has 3 nitrogen and oxygen atoms in total. The summed E-state index contributed by atoms with van der Waals surface area (Å²) >= 11 is 0. The van der Waals surface area contributed by atoms with Gasteiger partial charge in [0.15, 0.2) is 6.29 Å². The van der Waals surface area contributed by atoms with Crippen molar-refractivity contribution in [2.45, 2.75) is 90.8 Å². The van der Waals surface area contributed by atoms with Gasteiger partial charge in [-0.05, 0) is 44.9 Å². The lowest BCUT2D eigenvalue weighted by Crippen LogP contribution is -2.18. The van der Waals surface area contributed by atoms with Crippen molar-refractivity contribution in [3.05, 3.63) is 12.2 Å². The Kier molecular flexibility index (Phi) is 18.3. The summed E-state index contributed by atoms with van der Waals surface area (Å²) in [6.07, 6.45) is 16.7. The summed E-state index contributed by atoms with van der Waals surface area (Å²) in [6.45, 7) is 6.27. The smallest absolute Gasteiger partial charge is 0.157 e. The number of aliphatic hydroxyl groups excluding tert-OH is 1. The van der Waals surface area contributed by atoms with Gasteiger partial charge in [0.2, 0.25) is 0 Å². The lowest BCUT2D eigenvalue weighted by Gasteiger charge is -2.18. The van der Waals surface area contributed by atoms with Crippen LogP contribution in [0.3, 0.4) is 0 Å². The van der Waals surface area contributed by atoms with Gasteiger partial charge in [0.25, 0.3) is 0 Å². The molecule has 0 rings (SSSR count). The first-order valence-electron chi connectivity index (χ1n) is 9.34. The van der Waals surface area contributed by atoms with Gasteiger partial charge in [0, 0.05) is 19.8 Å². The lowest BCUT2D eigenvalue weighted by atomic mass is 10.1. The van der Waals surface area contributed by atoms with Gasteiger partial charge in [-0.3, -0.25) is 0 Å². The predicted octanol–water partition coefficient (Wildman–Crippen LogP) is 5.23. The molecular formula is C19H38O3. The van der Waals surface area contributed by atoms with Crippen LogP contribution in [0.2, 0.25) is 0 Å². The minimum absolute atomic E-state index is 0.00236. The molecule has 132 valence electrons. The molecule has 0 aromatic rings. The summed E-state index contributed by atoms with van der Waals surface area (Å²) < 4.78 is 11.7. The molecule has 0 saturated heterocycles. The highest BCUT2D eigenvalue weighted by atomic mass is 16.7.